The minimum absolute atomic E-state index is 0.0282. The van der Waals surface area contributed by atoms with Crippen LogP contribution in [0.15, 0.2) is 164 Å². The molecule has 9 N–H and O–H groups in total. The van der Waals surface area contributed by atoms with Gasteiger partial charge in [-0.05, 0) is 84.9 Å². The van der Waals surface area contributed by atoms with Gasteiger partial charge in [0.15, 0.2) is 11.5 Å². The first-order valence-corrected chi connectivity index (χ1v) is 27.6. The summed E-state index contributed by atoms with van der Waals surface area (Å²) in [5.41, 5.74) is 1.78. The number of rotatable bonds is 14. The number of nitro groups is 1. The fraction of sp³-hybridized carbons (Fsp3) is 0. The first kappa shape index (κ1) is 60.5. The van der Waals surface area contributed by atoms with Crippen molar-refractivity contribution < 1.29 is 102 Å². The number of non-ortho nitro benzene ring substituents is 1. The molecule has 40 heteroatoms. The molecule has 0 unspecified atom stereocenters. The zero-order chi connectivity index (χ0) is 59.1. The van der Waals surface area contributed by atoms with Gasteiger partial charge in [-0.3, -0.25) is 28.3 Å². The van der Waals surface area contributed by atoms with Crippen molar-refractivity contribution >= 4 is 146 Å². The number of nitro benzene ring substituents is 1. The third-order valence-electron chi connectivity index (χ3n) is 9.69. The minimum atomic E-state index is -5.53. The number of aromatic hydroxyl groups is 2. The van der Waals surface area contributed by atoms with Gasteiger partial charge in [0.1, 0.15) is 48.0 Å². The number of hydrogen-bond acceptors (Lipinski definition) is 28. The van der Waals surface area contributed by atoms with Gasteiger partial charge in [0.05, 0.1) is 38.6 Å². The Morgan fingerprint density at radius 1 is 0.481 bits per heavy atom. The predicted molar refractivity (Wildman–Crippen MR) is 264 cm³/mol. The van der Waals surface area contributed by atoms with Crippen LogP contribution in [-0.4, -0.2) is 103 Å². The molecule has 0 radical (unpaired) electrons. The van der Waals surface area contributed by atoms with Crippen molar-refractivity contribution in [3.05, 3.63) is 119 Å². The van der Waals surface area contributed by atoms with Gasteiger partial charge in [0.2, 0.25) is 0 Å². The second-order valence-corrected chi connectivity index (χ2v) is 21.0. The van der Waals surface area contributed by atoms with E-state index in [-0.39, 0.29) is 16.9 Å². The van der Waals surface area contributed by atoms with E-state index in [9.17, 15) is 77.0 Å². The van der Waals surface area contributed by atoms with Crippen molar-refractivity contribution in [2.24, 2.45) is 40.9 Å². The lowest BCUT2D eigenvalue weighted by Gasteiger charge is -2.13. The van der Waals surface area contributed by atoms with Gasteiger partial charge >= 0.3 is 27.2 Å². The van der Waals surface area contributed by atoms with E-state index in [2.05, 4.69) is 40.9 Å². The number of anilines is 1. The zero-order valence-corrected chi connectivity index (χ0v) is 42.8. The lowest BCUT2D eigenvalue weighted by Crippen LogP contribution is -2.03. The van der Waals surface area contributed by atoms with Crippen molar-refractivity contribution in [2.45, 2.75) is 19.6 Å². The molecule has 7 aromatic carbocycles. The molecule has 7 aromatic rings. The van der Waals surface area contributed by atoms with Crippen LogP contribution in [-0.2, 0) is 61.7 Å². The van der Waals surface area contributed by atoms with Crippen molar-refractivity contribution in [1.29, 1.82) is 0 Å². The zero-order valence-electron chi connectivity index (χ0n) is 37.9. The smallest absolute Gasteiger partial charge is 0.425 e. The molecule has 0 aliphatic rings. The van der Waals surface area contributed by atoms with Gasteiger partial charge in [-0.1, -0.05) is 6.07 Å². The number of benzene rings is 7. The molecule has 0 saturated heterocycles. The highest BCUT2D eigenvalue weighted by Crippen LogP contribution is 2.48. The van der Waals surface area contributed by atoms with Crippen LogP contribution in [0.5, 0.6) is 11.5 Å². The van der Waals surface area contributed by atoms with Crippen LogP contribution in [0.2, 0.25) is 0 Å². The lowest BCUT2D eigenvalue weighted by molar-refractivity contribution is -0.385. The molecule has 0 heterocycles. The summed E-state index contributed by atoms with van der Waals surface area (Å²) in [5.74, 6) is -3.23. The maximum absolute atomic E-state index is 13.0. The van der Waals surface area contributed by atoms with Gasteiger partial charge in [0.25, 0.3) is 46.2 Å². The Bertz CT molecular complexity index is 4490. The Balaban J connectivity index is 0.00000134. The average molecular weight is 1210 g/mol. The number of phenolic OH excluding ortho intramolecular Hbond substituents is 2. The summed E-state index contributed by atoms with van der Waals surface area (Å²) in [6.07, 6.45) is 0. The molecular formula is C39H26N10O24S6. The maximum Gasteiger partial charge on any atom is 0.425 e. The van der Waals surface area contributed by atoms with Gasteiger partial charge in [-0.15, -0.1) is 50.8 Å². The summed E-state index contributed by atoms with van der Waals surface area (Å²) >= 11 is 0. The van der Waals surface area contributed by atoms with E-state index < -0.39 is 165 Å². The number of fused-ring (bicyclic) bond motifs is 2. The predicted octanol–water partition coefficient (Wildman–Crippen LogP) is 7.23. The largest absolute Gasteiger partial charge is 0.505 e. The van der Waals surface area contributed by atoms with Crippen LogP contribution in [0.3, 0.4) is 0 Å². The van der Waals surface area contributed by atoms with Gasteiger partial charge < -0.3 is 21.1 Å². The van der Waals surface area contributed by atoms with Crippen molar-refractivity contribution in [1.82, 2.24) is 0 Å². The summed E-state index contributed by atoms with van der Waals surface area (Å²) < 4.78 is 191. The van der Waals surface area contributed by atoms with E-state index in [1.807, 2.05) is 0 Å². The van der Waals surface area contributed by atoms with E-state index >= 15 is 0 Å². The number of nitrogens with zero attached hydrogens (tertiary/aromatic N) is 9. The molecule has 0 bridgehead atoms. The molecule has 34 nitrogen and oxygen atoms in total. The Morgan fingerprint density at radius 2 is 0.911 bits per heavy atom. The molecule has 0 amide bonds. The Hall–Kier alpha value is -9.39. The summed E-state index contributed by atoms with van der Waals surface area (Å²) in [6.45, 7) is 0. The molecule has 0 aromatic heterocycles. The highest BCUT2D eigenvalue weighted by Gasteiger charge is 2.29. The first-order valence-electron chi connectivity index (χ1n) is 19.8. The second-order valence-electron chi connectivity index (χ2n) is 14.6. The first-order chi connectivity index (χ1) is 36.6. The highest BCUT2D eigenvalue weighted by atomic mass is 32.2. The topological polar surface area (TPSA) is 566 Å². The molecule has 0 aliphatic carbocycles. The summed E-state index contributed by atoms with van der Waals surface area (Å²) in [5, 5.41) is 70.8. The number of nitrogens with two attached hydrogens (primary N) is 1. The quantitative estimate of drug-likeness (QED) is 0.0175. The summed E-state index contributed by atoms with van der Waals surface area (Å²) in [6, 6.07) is 17.8. The summed E-state index contributed by atoms with van der Waals surface area (Å²) in [7, 11) is -27.6. The fourth-order valence-corrected chi connectivity index (χ4v) is 9.29. The van der Waals surface area contributed by atoms with Crippen molar-refractivity contribution in [2.75, 3.05) is 5.73 Å². The van der Waals surface area contributed by atoms with Crippen LogP contribution >= 0.6 is 0 Å². The number of azo groups is 4. The van der Waals surface area contributed by atoms with Crippen LogP contribution < -0.4 is 5.73 Å². The molecular weight excluding hydrogens is 1180 g/mol. The average Bonchev–Trinajstić information content (AvgIpc) is 3.35. The number of aromatic carboxylic acids is 1. The monoisotopic (exact) mass is 1210 g/mol. The maximum atomic E-state index is 13.0. The molecule has 7 rings (SSSR count). The number of nitrogen functional groups attached to an aromatic ring is 1. The number of carbonyl (C=O) groups is 1. The van der Waals surface area contributed by atoms with Crippen LogP contribution in [0.25, 0.3) is 21.5 Å². The van der Waals surface area contributed by atoms with Crippen LogP contribution in [0, 0.1) is 10.1 Å². The molecule has 79 heavy (non-hydrogen) atoms. The molecule has 412 valence electrons. The van der Waals surface area contributed by atoms with Gasteiger partial charge in [-0.2, -0.15) is 49.0 Å². The molecule has 0 spiro atoms. The molecule has 0 saturated carbocycles. The Kier molecular flexibility index (Phi) is 18.3. The molecule has 0 fully saturated rings. The van der Waals surface area contributed by atoms with E-state index in [1.54, 1.807) is 0 Å². The van der Waals surface area contributed by atoms with Gasteiger partial charge in [-0.25, -0.2) is 4.79 Å². The minimum Gasteiger partial charge on any atom is -0.505 e. The van der Waals surface area contributed by atoms with Crippen LogP contribution in [0.1, 0.15) is 10.4 Å². The highest BCUT2D eigenvalue weighted by molar-refractivity contribution is 7.87. The number of hydrogen-bond donors (Lipinski definition) is 8. The second kappa shape index (κ2) is 23.9. The third kappa shape index (κ3) is 15.2. The molecule has 0 atom stereocenters. The van der Waals surface area contributed by atoms with E-state index in [0.29, 0.717) is 23.9 Å². The lowest BCUT2D eigenvalue weighted by atomic mass is 10.1. The number of carboxylic acids is 1. The van der Waals surface area contributed by atoms with E-state index in [1.165, 1.54) is 48.5 Å². The molecule has 0 aliphatic heterocycles. The number of phenols is 2. The third-order valence-corrected chi connectivity index (χ3v) is 13.3. The summed E-state index contributed by atoms with van der Waals surface area (Å²) in [4.78, 5) is 16.8. The standard InChI is InChI=1S/C39H26N10O18S4.2O3S/c40-34-29(17-30(68(56,57)58)24-11-13-27(37(51)33(24)34)45-44-26-12-9-22(49(54)55)15-31(26)69(59,60)61)47-46-28-14-10-23-25(38(28)71(65,66)67)16-32(70(62,63)64)35(36(23)50)48-43-21-7-5-20(6-8-21)42-41-19-3-1-18(2-4-19)39(52)53;2*1-4(2)3/h1-17,50-51H,40H2,(H,52,53)(H,56,57,58)(H,59,60,61)(H,62,63,64)(H,65,66,67);;. The van der Waals surface area contributed by atoms with Crippen LogP contribution in [0.4, 0.5) is 56.9 Å². The number of carboxylic acid groups (broad SMARTS) is 1. The Labute approximate surface area is 442 Å². The fourth-order valence-electron chi connectivity index (χ4n) is 6.47. The van der Waals surface area contributed by atoms with Crippen molar-refractivity contribution in [3.63, 3.8) is 0 Å². The van der Waals surface area contributed by atoms with E-state index in [0.717, 1.165) is 36.4 Å². The van der Waals surface area contributed by atoms with Gasteiger partial charge in [0, 0.05) is 28.3 Å². The van der Waals surface area contributed by atoms with E-state index in [4.69, 9.17) is 36.1 Å². The Morgan fingerprint density at radius 3 is 1.39 bits per heavy atom. The van der Waals surface area contributed by atoms with Crippen molar-refractivity contribution in [3.8, 4) is 11.5 Å². The normalized spacial score (nSPS) is 12.2. The SMILES string of the molecule is Nc1c(N=Nc2ccc3c(O)c(N=Nc4ccc(N=Nc5ccc(C(=O)O)cc5)cc4)c(S(=O)(=O)O)cc3c2S(=O)(=O)O)cc(S(=O)(=O)O)c2ccc(N=Nc3ccc([N+](=O)[O-])cc3S(=O)(=O)O)c(O)c12.O=S(=O)=O.O=S(=O)=O.